The summed E-state index contributed by atoms with van der Waals surface area (Å²) in [5.74, 6) is -3.33. The van der Waals surface area contributed by atoms with Gasteiger partial charge in [0.1, 0.15) is 69.0 Å². The average molecular weight is 5680 g/mol. The third-order valence-electron chi connectivity index (χ3n) is 10.3. The van der Waals surface area contributed by atoms with Gasteiger partial charge >= 0.3 is 524 Å². The molecule has 1 aromatic heterocycles. The summed E-state index contributed by atoms with van der Waals surface area (Å²) in [6.45, 7) is 33.8. The maximum absolute atomic E-state index is 13.3. The number of aliphatic hydroxyl groups excluding tert-OH is 1. The van der Waals surface area contributed by atoms with E-state index >= 15 is 0 Å². The molecule has 0 spiro atoms. The van der Waals surface area contributed by atoms with E-state index in [0.29, 0.717) is 95.6 Å². The van der Waals surface area contributed by atoms with E-state index < -0.39 is 46.6 Å². The number of rotatable bonds is 20. The number of nitrogens with two attached hydrogens (primary N) is 1. The molecule has 115 heavy (non-hydrogen) atoms. The smallest absolute Gasteiger partial charge is 0.337 e. The van der Waals surface area contributed by atoms with Crippen LogP contribution in [0.25, 0.3) is 35.2 Å². The maximum atomic E-state index is 13.3. The Morgan fingerprint density at radius 3 is 1.06 bits per heavy atom. The first-order valence-corrected chi connectivity index (χ1v) is 216. The molecule has 0 aliphatic carbocycles. The molecular formula is C54H45Br2F6I35N7O11-3. The number of ether oxygens (including phenoxy) is 8. The van der Waals surface area contributed by atoms with Crippen molar-refractivity contribution in [2.75, 3.05) is 62.6 Å². The molecular weight excluding hydrogens is 5640 g/mol. The fourth-order valence-corrected chi connectivity index (χ4v) is 1260. The summed E-state index contributed by atoms with van der Waals surface area (Å²) in [6, 6.07) is 16.2. The standard InChI is InChI=1S/C10H8FNO3.C10H10FNO2.C10H12N2O3.C9H8FNO2.C8H5BrFNO.C7H2BrF2N.I9.I8.I7.I6.I5/c1-12-9-7(11)4-6(10(13)15-3)5-8(9)14-2;1-12-10-8(11)4-7(6-13-2)5-9(10)14-3;1-13-5-6-3-7(14-2)9-8(4-6)15-12-10(9)11;1-11-9-7(10)3-6(5-12)4-8(9)13-2;1-11-8-6(10)3-5(9)4-7(8)12-2;1-11-7-5(9)2-4(8)3-6(7)10;1-6-8(4)9(5)7(2)3;1-6(2)8(5)7(3)4;1-5-7(4)6(2)3;1-5(2)6(3)4;1-4-5(2)3/h4-5H,2-3H3;4-5H,6H2,2-3H3;3-4H,5H2,1-2H3,(H2,11,12);3-4,12H,5H2,2H3;3-4H,2H3;2-3H;;;;;/q;;;;;;-1;;-1;;-1. The molecule has 0 aliphatic rings. The van der Waals surface area contributed by atoms with Crippen molar-refractivity contribution in [3.63, 3.8) is 0 Å². The number of nitrogen functional groups attached to an aromatic ring is 1. The third-order valence-corrected chi connectivity index (χ3v) is 1250. The zero-order valence-electron chi connectivity index (χ0n) is 56.6. The number of hydrogen-bond acceptors (Lipinski definition) is 13. The minimum absolute atomic E-state index is 0.0132. The van der Waals surface area contributed by atoms with Crippen LogP contribution in [0.1, 0.15) is 27.0 Å². The molecule has 61 heteroatoms. The Bertz CT molecular complexity index is 4230. The second-order valence-electron chi connectivity index (χ2n) is 16.7. The largest absolute Gasteiger partial charge is 0.508 e. The predicted octanol–water partition coefficient (Wildman–Crippen LogP) is 33.9. The van der Waals surface area contributed by atoms with Crippen molar-refractivity contribution in [2.45, 2.75) is 19.8 Å². The first-order valence-electron chi connectivity index (χ1n) is 26.0. The first-order chi connectivity index (χ1) is 53.9. The Morgan fingerprint density at radius 1 is 0.443 bits per heavy atom. The number of anilines is 1. The van der Waals surface area contributed by atoms with Crippen molar-refractivity contribution in [3.05, 3.63) is 196 Å². The van der Waals surface area contributed by atoms with E-state index in [0.717, 1.165) is 29.8 Å². The number of aliphatic hydroxyl groups is 1. The van der Waals surface area contributed by atoms with E-state index in [9.17, 15) is 31.1 Å². The van der Waals surface area contributed by atoms with Crippen LogP contribution in [0, 0.1) is 67.8 Å². The summed E-state index contributed by atoms with van der Waals surface area (Å²) in [5.41, 5.74) is 7.15. The molecule has 0 saturated heterocycles. The van der Waals surface area contributed by atoms with Crippen LogP contribution in [0.5, 0.6) is 28.7 Å². The van der Waals surface area contributed by atoms with Gasteiger partial charge in [0.05, 0.1) is 101 Å². The van der Waals surface area contributed by atoms with Crippen molar-refractivity contribution in [1.82, 2.24) is 5.16 Å². The van der Waals surface area contributed by atoms with Crippen LogP contribution in [-0.4, -0.2) is 73.1 Å². The fraction of sp³-hybridized carbons (Fsp3) is 0.204. The van der Waals surface area contributed by atoms with Gasteiger partial charge in [-0.3, -0.25) is 0 Å². The summed E-state index contributed by atoms with van der Waals surface area (Å²) in [6.07, 6.45) is 0. The van der Waals surface area contributed by atoms with Crippen molar-refractivity contribution < 1.29 is 118 Å². The van der Waals surface area contributed by atoms with Gasteiger partial charge in [-0.1, -0.05) is 37.0 Å². The number of carbonyl (C=O) groups excluding carboxylic acids is 1. The summed E-state index contributed by atoms with van der Waals surface area (Å²) in [5, 5.41) is 13.1. The fourth-order valence-electron chi connectivity index (χ4n) is 6.26. The molecule has 6 aromatic carbocycles. The molecule has 666 valence electrons. The Kier molecular flexibility index (Phi) is 102. The number of nitrogens with zero attached hydrogens (tertiary/aromatic N) is 6. The van der Waals surface area contributed by atoms with Crippen molar-refractivity contribution in [2.24, 2.45) is 0 Å². The van der Waals surface area contributed by atoms with E-state index in [1.165, 1.54) is 66.9 Å². The van der Waals surface area contributed by atoms with E-state index in [-0.39, 0.29) is 145 Å². The normalized spacial score (nSPS) is 11.1. The SMILES string of the molecule is COCc1cc(OC)c2c(N)noc2c1.II(I)I(I)I.II(I)I(I)I(I)I.I[I-]I(I)I.I[I-]I(I)I(I)I.I[I-]I(I)I(I)I(I)I.[C-]#[N+]c1c(F)cc(Br)cc1F.[C-]#[N+]c1c(F)cc(Br)cc1OC.[C-]#[N+]c1c(F)cc(C(=O)OC)cc1OC.[C-]#[N+]c1c(F)cc(CO)cc1OC.[C-]#[N+]c1c(F)cc(COC)cc1OC. The van der Waals surface area contributed by atoms with Crippen molar-refractivity contribution in [1.29, 1.82) is 0 Å². The number of fused-ring (bicyclic) bond motifs is 1. The van der Waals surface area contributed by atoms with Gasteiger partial charge in [0.2, 0.25) is 0 Å². The van der Waals surface area contributed by atoms with E-state index in [1.807, 2.05) is 12.1 Å². The van der Waals surface area contributed by atoms with Gasteiger partial charge in [-0.05, 0) is 89.5 Å². The molecule has 0 bridgehead atoms. The molecule has 3 N–H and O–H groups in total. The Morgan fingerprint density at radius 2 is 0.765 bits per heavy atom. The van der Waals surface area contributed by atoms with Gasteiger partial charge in [-0.25, -0.2) is 55.4 Å². The number of hydrogen-bond donors (Lipinski definition) is 2. The average Bonchev–Trinajstić information content (AvgIpc) is 1.68. The summed E-state index contributed by atoms with van der Waals surface area (Å²) >= 11 is 64.6. The van der Waals surface area contributed by atoms with Gasteiger partial charge in [-0.15, -0.1) is 0 Å². The van der Waals surface area contributed by atoms with Crippen LogP contribution in [0.3, 0.4) is 0 Å². The Labute approximate surface area is 960 Å². The summed E-state index contributed by atoms with van der Waals surface area (Å²) in [7, 11) is 8.27. The van der Waals surface area contributed by atoms with Gasteiger partial charge < -0.3 is 53.3 Å². The van der Waals surface area contributed by atoms with Crippen LogP contribution in [0.15, 0.2) is 86.3 Å². The molecule has 0 fully saturated rings. The first kappa shape index (κ1) is 138. The Balaban J connectivity index is -0.000000598. The van der Waals surface area contributed by atoms with E-state index in [1.54, 1.807) is 26.4 Å². The van der Waals surface area contributed by atoms with Gasteiger partial charge in [0.15, 0.2) is 11.4 Å². The van der Waals surface area contributed by atoms with Gasteiger partial charge in [-0.2, -0.15) is 0 Å². The molecule has 0 atom stereocenters. The quantitative estimate of drug-likeness (QED) is 0.0318. The van der Waals surface area contributed by atoms with E-state index in [2.05, 4.69) is 457 Å². The number of aromatic nitrogens is 1. The van der Waals surface area contributed by atoms with Crippen LogP contribution in [0.2, 0.25) is 0 Å². The second kappa shape index (κ2) is 84.9. The predicted molar refractivity (Wildman–Crippen MR) is 737 cm³/mol. The minimum Gasteiger partial charge on any atom is -0.508 e. The molecule has 0 unspecified atom stereocenters. The Hall–Kier alpha value is 16.5. The molecule has 7 rings (SSSR count). The number of esters is 1. The topological polar surface area (TPSA) is 185 Å². The van der Waals surface area contributed by atoms with Crippen LogP contribution >= 0.6 is 510 Å². The molecule has 1 heterocycles. The number of methoxy groups -OCH3 is 8. The summed E-state index contributed by atoms with van der Waals surface area (Å²) in [4.78, 5) is 25.8. The maximum Gasteiger partial charge on any atom is 0.337 e. The molecule has 0 radical (unpaired) electrons. The molecule has 18 nitrogen and oxygen atoms in total. The molecule has 7 aromatic rings. The third kappa shape index (κ3) is 62.6. The number of carbonyl (C=O) groups is 1. The van der Waals surface area contributed by atoms with Crippen molar-refractivity contribution >= 4 is 561 Å². The monoisotopic (exact) mass is 5680 g/mol. The molecule has 0 saturated carbocycles. The van der Waals surface area contributed by atoms with Crippen LogP contribution < -0.4 is 69.2 Å². The van der Waals surface area contributed by atoms with E-state index in [4.69, 9.17) is 81.4 Å². The molecule has 0 aliphatic heterocycles. The zero-order chi connectivity index (χ0) is 89.7. The van der Waals surface area contributed by atoms with Gasteiger partial charge in [0.25, 0.3) is 28.4 Å². The van der Waals surface area contributed by atoms with Crippen LogP contribution in [-0.2, 0) is 34.0 Å². The van der Waals surface area contributed by atoms with Crippen molar-refractivity contribution in [3.8, 4) is 28.7 Å². The van der Waals surface area contributed by atoms with Crippen LogP contribution in [0.4, 0.5) is 60.6 Å². The zero-order valence-corrected chi connectivity index (χ0v) is 135. The number of halogens is 43. The summed E-state index contributed by atoms with van der Waals surface area (Å²) < 4.78 is 123. The molecule has 0 amide bonds. The second-order valence-corrected chi connectivity index (χ2v) is 603. The number of benzene rings is 6. The van der Waals surface area contributed by atoms with Gasteiger partial charge in [0, 0.05) is 23.2 Å². The minimum atomic E-state index is -0.841.